The molecule has 0 aromatic heterocycles. The van der Waals surface area contributed by atoms with Gasteiger partial charge < -0.3 is 14.8 Å². The molecular formula is C27H30N2O5S. The number of methoxy groups -OCH3 is 2. The van der Waals surface area contributed by atoms with Crippen LogP contribution in [0.25, 0.3) is 0 Å². The molecule has 1 N–H and O–H groups in total. The zero-order valence-electron chi connectivity index (χ0n) is 20.2. The van der Waals surface area contributed by atoms with E-state index < -0.39 is 22.5 Å². The molecule has 1 unspecified atom stereocenters. The first-order chi connectivity index (χ1) is 16.8. The molecule has 0 saturated heterocycles. The van der Waals surface area contributed by atoms with Crippen LogP contribution in [0.3, 0.4) is 0 Å². The zero-order valence-corrected chi connectivity index (χ0v) is 21.0. The largest absolute Gasteiger partial charge is 0.497 e. The smallest absolute Gasteiger partial charge is 0.264 e. The van der Waals surface area contributed by atoms with E-state index in [9.17, 15) is 13.2 Å². The standard InChI is InChI=1S/C27H30N2O5S/c1-19(21-13-12-20-8-7-9-22(20)16-21)28-27(30)18-29(35(31,32)24-10-5-4-6-11-24)25-17-23(33-2)14-15-26(25)34-3/h4-6,10-17,19H,7-9,18H2,1-3H3,(H,28,30). The molecule has 1 aliphatic rings. The Morgan fingerprint density at radius 3 is 2.43 bits per heavy atom. The Hall–Kier alpha value is -3.52. The van der Waals surface area contributed by atoms with E-state index in [2.05, 4.69) is 17.4 Å². The van der Waals surface area contributed by atoms with E-state index in [0.29, 0.717) is 11.5 Å². The molecule has 0 radical (unpaired) electrons. The van der Waals surface area contributed by atoms with Crippen molar-refractivity contribution in [3.8, 4) is 11.5 Å². The third-order valence-electron chi connectivity index (χ3n) is 6.27. The second-order valence-electron chi connectivity index (χ2n) is 8.53. The monoisotopic (exact) mass is 494 g/mol. The Morgan fingerprint density at radius 1 is 0.971 bits per heavy atom. The van der Waals surface area contributed by atoms with Crippen LogP contribution in [0.4, 0.5) is 5.69 Å². The van der Waals surface area contributed by atoms with E-state index in [-0.39, 0.29) is 16.6 Å². The minimum Gasteiger partial charge on any atom is -0.497 e. The number of rotatable bonds is 9. The van der Waals surface area contributed by atoms with Gasteiger partial charge in [-0.15, -0.1) is 0 Å². The second kappa shape index (κ2) is 10.4. The summed E-state index contributed by atoms with van der Waals surface area (Å²) in [5.74, 6) is 0.327. The van der Waals surface area contributed by atoms with Crippen LogP contribution in [-0.4, -0.2) is 35.1 Å². The maximum atomic E-state index is 13.7. The van der Waals surface area contributed by atoms with Gasteiger partial charge in [0, 0.05) is 6.07 Å². The van der Waals surface area contributed by atoms with Crippen LogP contribution in [-0.2, 0) is 27.7 Å². The minimum atomic E-state index is -4.08. The number of fused-ring (bicyclic) bond motifs is 1. The van der Waals surface area contributed by atoms with Gasteiger partial charge in [-0.3, -0.25) is 9.10 Å². The number of carbonyl (C=O) groups excluding carboxylic acids is 1. The summed E-state index contributed by atoms with van der Waals surface area (Å²) in [5.41, 5.74) is 3.89. The van der Waals surface area contributed by atoms with Crippen LogP contribution in [0, 0.1) is 0 Å². The fourth-order valence-electron chi connectivity index (χ4n) is 4.37. The Morgan fingerprint density at radius 2 is 1.71 bits per heavy atom. The van der Waals surface area contributed by atoms with Crippen molar-refractivity contribution in [2.45, 2.75) is 37.1 Å². The normalized spacial score (nSPS) is 13.6. The number of anilines is 1. The number of amides is 1. The molecule has 0 spiro atoms. The highest BCUT2D eigenvalue weighted by molar-refractivity contribution is 7.92. The maximum absolute atomic E-state index is 13.7. The molecule has 0 fully saturated rings. The average Bonchev–Trinajstić information content (AvgIpc) is 3.35. The first-order valence-electron chi connectivity index (χ1n) is 11.5. The molecule has 35 heavy (non-hydrogen) atoms. The number of benzene rings is 3. The van der Waals surface area contributed by atoms with Crippen LogP contribution >= 0.6 is 0 Å². The Balaban J connectivity index is 1.65. The van der Waals surface area contributed by atoms with E-state index in [4.69, 9.17) is 9.47 Å². The van der Waals surface area contributed by atoms with Gasteiger partial charge in [0.2, 0.25) is 5.91 Å². The van der Waals surface area contributed by atoms with Crippen molar-refractivity contribution in [3.63, 3.8) is 0 Å². The molecule has 3 aromatic carbocycles. The molecule has 4 rings (SSSR count). The van der Waals surface area contributed by atoms with Gasteiger partial charge in [0.25, 0.3) is 10.0 Å². The highest BCUT2D eigenvalue weighted by Gasteiger charge is 2.30. The fourth-order valence-corrected chi connectivity index (χ4v) is 5.82. The highest BCUT2D eigenvalue weighted by Crippen LogP contribution is 2.35. The van der Waals surface area contributed by atoms with Crippen molar-refractivity contribution in [3.05, 3.63) is 83.4 Å². The van der Waals surface area contributed by atoms with Gasteiger partial charge in [-0.25, -0.2) is 8.42 Å². The van der Waals surface area contributed by atoms with E-state index in [0.717, 1.165) is 29.1 Å². The summed E-state index contributed by atoms with van der Waals surface area (Å²) in [5, 5.41) is 2.96. The van der Waals surface area contributed by atoms with Gasteiger partial charge in [0.05, 0.1) is 30.8 Å². The lowest BCUT2D eigenvalue weighted by molar-refractivity contribution is -0.120. The summed E-state index contributed by atoms with van der Waals surface area (Å²) < 4.78 is 39.1. The third-order valence-corrected chi connectivity index (χ3v) is 8.05. The molecule has 1 aliphatic carbocycles. The van der Waals surface area contributed by atoms with E-state index >= 15 is 0 Å². The van der Waals surface area contributed by atoms with Gasteiger partial charge in [-0.1, -0.05) is 36.4 Å². The van der Waals surface area contributed by atoms with Gasteiger partial charge in [-0.2, -0.15) is 0 Å². The topological polar surface area (TPSA) is 84.9 Å². The molecule has 0 aliphatic heterocycles. The summed E-state index contributed by atoms with van der Waals surface area (Å²) in [7, 11) is -1.13. The summed E-state index contributed by atoms with van der Waals surface area (Å²) in [6.45, 7) is 1.48. The third kappa shape index (κ3) is 5.27. The van der Waals surface area contributed by atoms with Crippen molar-refractivity contribution >= 4 is 21.6 Å². The summed E-state index contributed by atoms with van der Waals surface area (Å²) in [6, 6.07) is 18.9. The molecule has 1 amide bonds. The molecular weight excluding hydrogens is 464 g/mol. The predicted octanol–water partition coefficient (Wildman–Crippen LogP) is 4.27. The number of nitrogens with zero attached hydrogens (tertiary/aromatic N) is 1. The number of carbonyl (C=O) groups is 1. The van der Waals surface area contributed by atoms with Crippen molar-refractivity contribution in [2.24, 2.45) is 0 Å². The molecule has 3 aromatic rings. The number of nitrogens with one attached hydrogen (secondary N) is 1. The van der Waals surface area contributed by atoms with Gasteiger partial charge >= 0.3 is 0 Å². The van der Waals surface area contributed by atoms with Crippen LogP contribution < -0.4 is 19.1 Å². The summed E-state index contributed by atoms with van der Waals surface area (Å²) in [6.07, 6.45) is 3.28. The van der Waals surface area contributed by atoms with Gasteiger partial charge in [0.1, 0.15) is 18.0 Å². The quantitative estimate of drug-likeness (QED) is 0.480. The SMILES string of the molecule is COc1ccc(OC)c(N(CC(=O)NC(C)c2ccc3c(c2)CCC3)S(=O)(=O)c2ccccc2)c1. The van der Waals surface area contributed by atoms with Gasteiger partial charge in [0.15, 0.2) is 0 Å². The fraction of sp³-hybridized carbons (Fsp3) is 0.296. The maximum Gasteiger partial charge on any atom is 0.264 e. The average molecular weight is 495 g/mol. The Bertz CT molecular complexity index is 1310. The zero-order chi connectivity index (χ0) is 25.0. The van der Waals surface area contributed by atoms with E-state index in [1.54, 1.807) is 36.4 Å². The van der Waals surface area contributed by atoms with Crippen LogP contribution in [0.1, 0.15) is 36.1 Å². The molecule has 1 atom stereocenters. The molecule has 8 heteroatoms. The van der Waals surface area contributed by atoms with Crippen molar-refractivity contribution in [1.29, 1.82) is 0 Å². The summed E-state index contributed by atoms with van der Waals surface area (Å²) >= 11 is 0. The number of aryl methyl sites for hydroxylation is 2. The predicted molar refractivity (Wildman–Crippen MR) is 136 cm³/mol. The molecule has 184 valence electrons. The number of ether oxygens (including phenoxy) is 2. The van der Waals surface area contributed by atoms with Crippen LogP contribution in [0.15, 0.2) is 71.6 Å². The first-order valence-corrected chi connectivity index (χ1v) is 13.0. The molecule has 7 nitrogen and oxygen atoms in total. The van der Waals surface area contributed by atoms with Crippen LogP contribution in [0.5, 0.6) is 11.5 Å². The number of sulfonamides is 1. The van der Waals surface area contributed by atoms with Crippen molar-refractivity contribution < 1.29 is 22.7 Å². The summed E-state index contributed by atoms with van der Waals surface area (Å²) in [4.78, 5) is 13.3. The van der Waals surface area contributed by atoms with E-state index in [1.807, 2.05) is 13.0 Å². The Labute approximate surface area is 206 Å². The molecule has 0 saturated carbocycles. The Kier molecular flexibility index (Phi) is 7.31. The lowest BCUT2D eigenvalue weighted by Gasteiger charge is -2.27. The highest BCUT2D eigenvalue weighted by atomic mass is 32.2. The second-order valence-corrected chi connectivity index (χ2v) is 10.4. The molecule has 0 heterocycles. The van der Waals surface area contributed by atoms with Crippen LogP contribution in [0.2, 0.25) is 0 Å². The van der Waals surface area contributed by atoms with Gasteiger partial charge in [-0.05, 0) is 67.1 Å². The molecule has 0 bridgehead atoms. The van der Waals surface area contributed by atoms with E-state index in [1.165, 1.54) is 37.5 Å². The number of hydrogen-bond acceptors (Lipinski definition) is 5. The minimum absolute atomic E-state index is 0.0735. The lowest BCUT2D eigenvalue weighted by atomic mass is 10.0. The van der Waals surface area contributed by atoms with Crippen molar-refractivity contribution in [2.75, 3.05) is 25.1 Å². The lowest BCUT2D eigenvalue weighted by Crippen LogP contribution is -2.41. The number of hydrogen-bond donors (Lipinski definition) is 1. The van der Waals surface area contributed by atoms with Crippen molar-refractivity contribution in [1.82, 2.24) is 5.32 Å². The first kappa shape index (κ1) is 24.6.